The number of nitriles is 1. The molecule has 0 bridgehead atoms. The Kier molecular flexibility index (Phi) is 8.68. The van der Waals surface area contributed by atoms with E-state index in [0.29, 0.717) is 11.4 Å². The second kappa shape index (κ2) is 11.4. The van der Waals surface area contributed by atoms with Gasteiger partial charge in [0.1, 0.15) is 12.6 Å². The Balaban J connectivity index is 1.87. The third-order valence-electron chi connectivity index (χ3n) is 4.06. The molecule has 0 heterocycles. The highest BCUT2D eigenvalue weighted by Gasteiger charge is 2.18. The van der Waals surface area contributed by atoms with Crippen LogP contribution in [0.2, 0.25) is 5.02 Å². The zero-order chi connectivity index (χ0) is 23.7. The van der Waals surface area contributed by atoms with Crippen molar-refractivity contribution in [2.75, 3.05) is 39.8 Å². The Bertz CT molecular complexity index is 1040. The number of esters is 1. The number of nitrogens with zero attached hydrogens (tertiary/aromatic N) is 1. The number of hydrogen-bond donors (Lipinski definition) is 2. The van der Waals surface area contributed by atoms with E-state index >= 15 is 0 Å². The normalized spacial score (nSPS) is 9.84. The summed E-state index contributed by atoms with van der Waals surface area (Å²) in [6, 6.07) is 9.09. The minimum Gasteiger partial charge on any atom is -0.493 e. The zero-order valence-corrected chi connectivity index (χ0v) is 18.2. The van der Waals surface area contributed by atoms with Crippen LogP contribution >= 0.6 is 11.6 Å². The van der Waals surface area contributed by atoms with Gasteiger partial charge in [0.25, 0.3) is 11.8 Å². The van der Waals surface area contributed by atoms with Crippen LogP contribution in [-0.2, 0) is 14.3 Å². The maximum atomic E-state index is 12.4. The minimum atomic E-state index is -0.821. The van der Waals surface area contributed by atoms with E-state index in [1.165, 1.54) is 51.7 Å². The molecule has 11 heteroatoms. The van der Waals surface area contributed by atoms with E-state index in [0.717, 1.165) is 0 Å². The number of methoxy groups -OCH3 is 3. The number of anilines is 1. The van der Waals surface area contributed by atoms with Crippen LogP contribution in [0.5, 0.6) is 17.2 Å². The predicted molar refractivity (Wildman–Crippen MR) is 114 cm³/mol. The predicted octanol–water partition coefficient (Wildman–Crippen LogP) is 2.15. The van der Waals surface area contributed by atoms with E-state index in [-0.39, 0.29) is 27.6 Å². The van der Waals surface area contributed by atoms with Crippen molar-refractivity contribution in [3.8, 4) is 23.3 Å². The molecule has 32 heavy (non-hydrogen) atoms. The molecular weight excluding hydrogens is 442 g/mol. The van der Waals surface area contributed by atoms with Gasteiger partial charge in [-0.3, -0.25) is 14.4 Å². The fourth-order valence-electron chi connectivity index (χ4n) is 2.54. The molecule has 2 amide bonds. The van der Waals surface area contributed by atoms with E-state index in [2.05, 4.69) is 10.6 Å². The van der Waals surface area contributed by atoms with E-state index in [1.54, 1.807) is 0 Å². The van der Waals surface area contributed by atoms with Crippen molar-refractivity contribution in [3.05, 3.63) is 46.5 Å². The number of carbonyl (C=O) groups is 3. The smallest absolute Gasteiger partial charge is 0.325 e. The molecule has 2 aromatic rings. The average Bonchev–Trinajstić information content (AvgIpc) is 2.80. The lowest BCUT2D eigenvalue weighted by molar-refractivity contribution is -0.146. The van der Waals surface area contributed by atoms with Gasteiger partial charge in [-0.25, -0.2) is 0 Å². The molecule has 2 aromatic carbocycles. The van der Waals surface area contributed by atoms with Gasteiger partial charge in [0.05, 0.1) is 31.9 Å². The summed E-state index contributed by atoms with van der Waals surface area (Å²) in [4.78, 5) is 36.2. The number of benzene rings is 2. The highest BCUT2D eigenvalue weighted by molar-refractivity contribution is 6.32. The van der Waals surface area contributed by atoms with Gasteiger partial charge in [0.15, 0.2) is 18.1 Å². The highest BCUT2D eigenvalue weighted by Crippen LogP contribution is 2.38. The van der Waals surface area contributed by atoms with Gasteiger partial charge in [-0.05, 0) is 30.3 Å². The van der Waals surface area contributed by atoms with Gasteiger partial charge in [-0.2, -0.15) is 5.26 Å². The van der Waals surface area contributed by atoms with Crippen LogP contribution in [0.25, 0.3) is 0 Å². The topological polar surface area (TPSA) is 136 Å². The molecule has 0 aliphatic rings. The van der Waals surface area contributed by atoms with Gasteiger partial charge in [0, 0.05) is 11.3 Å². The summed E-state index contributed by atoms with van der Waals surface area (Å²) in [6.07, 6.45) is 0. The Morgan fingerprint density at radius 3 is 2.22 bits per heavy atom. The number of hydrogen-bond acceptors (Lipinski definition) is 8. The molecule has 0 aliphatic heterocycles. The number of nitrogens with one attached hydrogen (secondary N) is 2. The van der Waals surface area contributed by atoms with Crippen molar-refractivity contribution in [1.29, 1.82) is 5.26 Å². The van der Waals surface area contributed by atoms with Gasteiger partial charge in [-0.1, -0.05) is 11.6 Å². The summed E-state index contributed by atoms with van der Waals surface area (Å²) in [5, 5.41) is 13.9. The summed E-state index contributed by atoms with van der Waals surface area (Å²) in [6.45, 7) is -1.04. The molecule has 0 saturated heterocycles. The summed E-state index contributed by atoms with van der Waals surface area (Å²) in [7, 11) is 4.25. The molecule has 2 N–H and O–H groups in total. The number of ether oxygens (including phenoxy) is 4. The highest BCUT2D eigenvalue weighted by atomic mass is 35.5. The number of halogens is 1. The maximum absolute atomic E-state index is 12.4. The Labute approximate surface area is 189 Å². The van der Waals surface area contributed by atoms with Gasteiger partial charge < -0.3 is 29.6 Å². The summed E-state index contributed by atoms with van der Waals surface area (Å²) < 4.78 is 20.4. The lowest BCUT2D eigenvalue weighted by Crippen LogP contribution is -2.32. The lowest BCUT2D eigenvalue weighted by atomic mass is 10.1. The zero-order valence-electron chi connectivity index (χ0n) is 17.5. The summed E-state index contributed by atoms with van der Waals surface area (Å²) in [5.74, 6) is -1.15. The van der Waals surface area contributed by atoms with Crippen LogP contribution in [0.15, 0.2) is 30.3 Å². The fraction of sp³-hybridized carbons (Fsp3) is 0.238. The third-order valence-corrected chi connectivity index (χ3v) is 4.37. The van der Waals surface area contributed by atoms with Crippen molar-refractivity contribution in [1.82, 2.24) is 5.32 Å². The molecule has 2 rings (SSSR count). The van der Waals surface area contributed by atoms with Crippen LogP contribution in [0.1, 0.15) is 15.9 Å². The number of amides is 2. The van der Waals surface area contributed by atoms with Crippen molar-refractivity contribution >= 4 is 35.1 Å². The van der Waals surface area contributed by atoms with E-state index in [9.17, 15) is 14.4 Å². The van der Waals surface area contributed by atoms with Gasteiger partial charge in [-0.15, -0.1) is 0 Å². The average molecular weight is 462 g/mol. The van der Waals surface area contributed by atoms with Gasteiger partial charge >= 0.3 is 5.97 Å². The lowest BCUT2D eigenvalue weighted by Gasteiger charge is -2.14. The van der Waals surface area contributed by atoms with E-state index in [1.807, 2.05) is 6.07 Å². The summed E-state index contributed by atoms with van der Waals surface area (Å²) in [5.41, 5.74) is 0.771. The van der Waals surface area contributed by atoms with Crippen molar-refractivity contribution in [2.45, 2.75) is 0 Å². The molecule has 0 unspecified atom stereocenters. The SMILES string of the molecule is COc1cc(C(=O)NCC(=O)OCC(=O)Nc2ccc(C#N)c(Cl)c2)cc(OC)c1OC. The van der Waals surface area contributed by atoms with Crippen LogP contribution in [-0.4, -0.2) is 52.3 Å². The largest absolute Gasteiger partial charge is 0.493 e. The Morgan fingerprint density at radius 2 is 1.69 bits per heavy atom. The minimum absolute atomic E-state index is 0.169. The van der Waals surface area contributed by atoms with E-state index < -0.39 is 30.9 Å². The first-order valence-corrected chi connectivity index (χ1v) is 9.44. The molecule has 10 nitrogen and oxygen atoms in total. The first kappa shape index (κ1) is 24.3. The Hall–Kier alpha value is -3.97. The molecule has 0 radical (unpaired) electrons. The summed E-state index contributed by atoms with van der Waals surface area (Å²) >= 11 is 5.89. The molecule has 0 spiro atoms. The molecule has 0 aliphatic carbocycles. The van der Waals surface area contributed by atoms with E-state index in [4.69, 9.17) is 35.8 Å². The molecule has 168 valence electrons. The quantitative estimate of drug-likeness (QED) is 0.542. The van der Waals surface area contributed by atoms with Crippen LogP contribution < -0.4 is 24.8 Å². The second-order valence-corrected chi connectivity index (χ2v) is 6.52. The monoisotopic (exact) mass is 461 g/mol. The molecular formula is C21H20ClN3O7. The number of rotatable bonds is 9. The van der Waals surface area contributed by atoms with Crippen LogP contribution in [0, 0.1) is 11.3 Å². The second-order valence-electron chi connectivity index (χ2n) is 6.11. The van der Waals surface area contributed by atoms with Crippen molar-refractivity contribution < 1.29 is 33.3 Å². The molecule has 0 fully saturated rings. The molecule has 0 atom stereocenters. The van der Waals surface area contributed by atoms with Crippen molar-refractivity contribution in [2.24, 2.45) is 0 Å². The Morgan fingerprint density at radius 1 is 1.03 bits per heavy atom. The first-order chi connectivity index (χ1) is 15.3. The first-order valence-electron chi connectivity index (χ1n) is 9.06. The van der Waals surface area contributed by atoms with Crippen LogP contribution in [0.4, 0.5) is 5.69 Å². The molecule has 0 saturated carbocycles. The number of carbonyl (C=O) groups excluding carboxylic acids is 3. The standard InChI is InChI=1S/C21H20ClN3O7/c1-29-16-6-13(7-17(30-2)20(16)31-3)21(28)24-10-19(27)32-11-18(26)25-14-5-4-12(9-23)15(22)8-14/h4-8H,10-11H2,1-3H3,(H,24,28)(H,25,26). The van der Waals surface area contributed by atoms with Crippen LogP contribution in [0.3, 0.4) is 0 Å². The van der Waals surface area contributed by atoms with Gasteiger partial charge in [0.2, 0.25) is 5.75 Å². The van der Waals surface area contributed by atoms with Crippen molar-refractivity contribution in [3.63, 3.8) is 0 Å². The third kappa shape index (κ3) is 6.26. The maximum Gasteiger partial charge on any atom is 0.325 e. The fourth-order valence-corrected chi connectivity index (χ4v) is 2.77. The molecule has 0 aromatic heterocycles.